The number of carbonyl (C=O) groups is 1. The molecule has 1 N–H and O–H groups in total. The number of carbonyl (C=O) groups excluding carboxylic acids is 1. The van der Waals surface area contributed by atoms with Gasteiger partial charge in [-0.05, 0) is 54.4 Å². The van der Waals surface area contributed by atoms with E-state index in [1.807, 2.05) is 55.5 Å². The van der Waals surface area contributed by atoms with E-state index in [1.165, 1.54) is 0 Å². The van der Waals surface area contributed by atoms with Crippen LogP contribution >= 0.6 is 11.3 Å². The van der Waals surface area contributed by atoms with Crippen LogP contribution in [0.4, 0.5) is 0 Å². The van der Waals surface area contributed by atoms with Gasteiger partial charge in [0.15, 0.2) is 11.5 Å². The molecule has 4 rings (SSSR count). The third-order valence-electron chi connectivity index (χ3n) is 5.11. The monoisotopic (exact) mass is 447 g/mol. The van der Waals surface area contributed by atoms with Crippen LogP contribution < -0.4 is 14.8 Å². The van der Waals surface area contributed by atoms with Crippen molar-refractivity contribution < 1.29 is 14.3 Å². The van der Waals surface area contributed by atoms with Crippen molar-refractivity contribution >= 4 is 27.5 Å². The Labute approximate surface area is 191 Å². The summed E-state index contributed by atoms with van der Waals surface area (Å²) in [5, 5.41) is 4.04. The Morgan fingerprint density at radius 2 is 1.91 bits per heavy atom. The number of methoxy groups -OCH3 is 1. The van der Waals surface area contributed by atoms with Gasteiger partial charge in [-0.1, -0.05) is 18.2 Å². The number of ether oxygens (including phenoxy) is 2. The second-order valence-electron chi connectivity index (χ2n) is 7.42. The standard InChI is InChI=1S/C25H25N3O3S/c1-17(27-24(29)9-10-25-28-20-5-3-4-6-23(20)32-25)19-7-8-21(22(15-19)30-2)31-16-18-11-13-26-14-12-18/h3-8,11-15,17H,9-10,16H2,1-2H3,(H,27,29). The largest absolute Gasteiger partial charge is 0.493 e. The Morgan fingerprint density at radius 3 is 2.69 bits per heavy atom. The second kappa shape index (κ2) is 10.2. The molecule has 1 amide bonds. The number of rotatable bonds is 9. The van der Waals surface area contributed by atoms with Crippen molar-refractivity contribution in [3.63, 3.8) is 0 Å². The van der Waals surface area contributed by atoms with Crippen LogP contribution in [-0.4, -0.2) is 23.0 Å². The Bertz CT molecular complexity index is 1160. The molecule has 6 nitrogen and oxygen atoms in total. The Hall–Kier alpha value is -3.45. The van der Waals surface area contributed by atoms with Gasteiger partial charge in [0.05, 0.1) is 28.4 Å². The molecule has 32 heavy (non-hydrogen) atoms. The van der Waals surface area contributed by atoms with E-state index in [4.69, 9.17) is 9.47 Å². The van der Waals surface area contributed by atoms with Crippen molar-refractivity contribution in [2.24, 2.45) is 0 Å². The summed E-state index contributed by atoms with van der Waals surface area (Å²) in [6.45, 7) is 2.39. The lowest BCUT2D eigenvalue weighted by Gasteiger charge is -2.17. The molecule has 0 spiro atoms. The topological polar surface area (TPSA) is 73.3 Å². The van der Waals surface area contributed by atoms with E-state index in [0.717, 1.165) is 26.4 Å². The number of thiazole rings is 1. The number of hydrogen-bond donors (Lipinski definition) is 1. The lowest BCUT2D eigenvalue weighted by molar-refractivity contribution is -0.121. The second-order valence-corrected chi connectivity index (χ2v) is 8.53. The van der Waals surface area contributed by atoms with Crippen LogP contribution in [0.3, 0.4) is 0 Å². The number of aromatic nitrogens is 2. The summed E-state index contributed by atoms with van der Waals surface area (Å²) >= 11 is 1.64. The third kappa shape index (κ3) is 5.42. The van der Waals surface area contributed by atoms with E-state index in [1.54, 1.807) is 30.8 Å². The van der Waals surface area contributed by atoms with Gasteiger partial charge >= 0.3 is 0 Å². The van der Waals surface area contributed by atoms with Gasteiger partial charge in [0.1, 0.15) is 6.61 Å². The van der Waals surface area contributed by atoms with E-state index in [9.17, 15) is 4.79 Å². The Kier molecular flexibility index (Phi) is 6.97. The number of aryl methyl sites for hydroxylation is 1. The van der Waals surface area contributed by atoms with Crippen molar-refractivity contribution in [1.29, 1.82) is 0 Å². The highest BCUT2D eigenvalue weighted by atomic mass is 32.1. The molecule has 7 heteroatoms. The van der Waals surface area contributed by atoms with Crippen LogP contribution in [-0.2, 0) is 17.8 Å². The summed E-state index contributed by atoms with van der Waals surface area (Å²) in [6, 6.07) is 17.4. The quantitative estimate of drug-likeness (QED) is 0.387. The third-order valence-corrected chi connectivity index (χ3v) is 6.21. The van der Waals surface area contributed by atoms with Crippen LogP contribution in [0.15, 0.2) is 67.0 Å². The maximum absolute atomic E-state index is 12.5. The molecule has 0 saturated carbocycles. The normalized spacial score (nSPS) is 11.8. The summed E-state index contributed by atoms with van der Waals surface area (Å²) in [7, 11) is 1.61. The summed E-state index contributed by atoms with van der Waals surface area (Å²) in [5.41, 5.74) is 2.96. The maximum Gasteiger partial charge on any atom is 0.220 e. The van der Waals surface area contributed by atoms with Gasteiger partial charge in [0.2, 0.25) is 5.91 Å². The predicted octanol–water partition coefficient (Wildman–Crippen LogP) is 5.09. The molecular weight excluding hydrogens is 422 g/mol. The first kappa shape index (κ1) is 21.8. The van der Waals surface area contributed by atoms with Gasteiger partial charge in [-0.2, -0.15) is 0 Å². The molecule has 164 valence electrons. The van der Waals surface area contributed by atoms with Crippen LogP contribution in [0.1, 0.15) is 35.5 Å². The molecule has 1 unspecified atom stereocenters. The number of benzene rings is 2. The zero-order valence-corrected chi connectivity index (χ0v) is 18.9. The number of amides is 1. The first-order valence-electron chi connectivity index (χ1n) is 10.5. The summed E-state index contributed by atoms with van der Waals surface area (Å²) in [6.07, 6.45) is 4.50. The lowest BCUT2D eigenvalue weighted by Crippen LogP contribution is -2.26. The summed E-state index contributed by atoms with van der Waals surface area (Å²) in [4.78, 5) is 21.1. The lowest BCUT2D eigenvalue weighted by atomic mass is 10.1. The molecule has 2 aromatic heterocycles. The molecule has 2 aromatic carbocycles. The summed E-state index contributed by atoms with van der Waals surface area (Å²) in [5.74, 6) is 1.28. The van der Waals surface area contributed by atoms with Crippen LogP contribution in [0, 0.1) is 0 Å². The minimum atomic E-state index is -0.152. The SMILES string of the molecule is COc1cc(C(C)NC(=O)CCc2nc3ccccc3s2)ccc1OCc1ccncc1. The van der Waals surface area contributed by atoms with Crippen LogP contribution in [0.5, 0.6) is 11.5 Å². The van der Waals surface area contributed by atoms with Gasteiger partial charge in [-0.3, -0.25) is 9.78 Å². The highest BCUT2D eigenvalue weighted by Crippen LogP contribution is 2.31. The van der Waals surface area contributed by atoms with Crippen molar-refractivity contribution in [3.05, 3.63) is 83.1 Å². The molecule has 0 bridgehead atoms. The van der Waals surface area contributed by atoms with Crippen molar-refractivity contribution in [2.75, 3.05) is 7.11 Å². The van der Waals surface area contributed by atoms with Crippen LogP contribution in [0.25, 0.3) is 10.2 Å². The fraction of sp³-hybridized carbons (Fsp3) is 0.240. The Morgan fingerprint density at radius 1 is 1.09 bits per heavy atom. The summed E-state index contributed by atoms with van der Waals surface area (Å²) < 4.78 is 12.6. The first-order valence-corrected chi connectivity index (χ1v) is 11.3. The molecule has 4 aromatic rings. The Balaban J connectivity index is 1.33. The molecule has 2 heterocycles. The smallest absolute Gasteiger partial charge is 0.220 e. The van der Waals surface area contributed by atoms with Crippen molar-refractivity contribution in [2.45, 2.75) is 32.4 Å². The van der Waals surface area contributed by atoms with Gasteiger partial charge in [0, 0.05) is 25.2 Å². The maximum atomic E-state index is 12.5. The molecule has 0 aliphatic rings. The van der Waals surface area contributed by atoms with E-state index < -0.39 is 0 Å². The predicted molar refractivity (Wildman–Crippen MR) is 126 cm³/mol. The van der Waals surface area contributed by atoms with Gasteiger partial charge in [-0.25, -0.2) is 4.98 Å². The van der Waals surface area contributed by atoms with E-state index >= 15 is 0 Å². The number of nitrogens with one attached hydrogen (secondary N) is 1. The average Bonchev–Trinajstić information content (AvgIpc) is 3.25. The number of hydrogen-bond acceptors (Lipinski definition) is 6. The van der Waals surface area contributed by atoms with Crippen molar-refractivity contribution in [3.8, 4) is 11.5 Å². The number of nitrogens with zero attached hydrogens (tertiary/aromatic N) is 2. The first-order chi connectivity index (χ1) is 15.6. The molecule has 0 saturated heterocycles. The van der Waals surface area contributed by atoms with E-state index in [-0.39, 0.29) is 11.9 Å². The van der Waals surface area contributed by atoms with E-state index in [2.05, 4.69) is 21.4 Å². The van der Waals surface area contributed by atoms with E-state index in [0.29, 0.717) is 30.9 Å². The number of pyridine rings is 1. The zero-order valence-electron chi connectivity index (χ0n) is 18.1. The highest BCUT2D eigenvalue weighted by Gasteiger charge is 2.14. The molecule has 0 aliphatic carbocycles. The molecule has 1 atom stereocenters. The van der Waals surface area contributed by atoms with Gasteiger partial charge in [0.25, 0.3) is 0 Å². The average molecular weight is 448 g/mol. The van der Waals surface area contributed by atoms with Crippen LogP contribution in [0.2, 0.25) is 0 Å². The number of para-hydroxylation sites is 1. The minimum Gasteiger partial charge on any atom is -0.493 e. The fourth-order valence-electron chi connectivity index (χ4n) is 3.36. The minimum absolute atomic E-state index is 0.00580. The molecule has 0 fully saturated rings. The van der Waals surface area contributed by atoms with Crippen molar-refractivity contribution in [1.82, 2.24) is 15.3 Å². The highest BCUT2D eigenvalue weighted by molar-refractivity contribution is 7.18. The molecule has 0 radical (unpaired) electrons. The molecule has 0 aliphatic heterocycles. The zero-order chi connectivity index (χ0) is 22.3. The molecular formula is C25H25N3O3S. The fourth-order valence-corrected chi connectivity index (χ4v) is 4.32. The number of fused-ring (bicyclic) bond motifs is 1. The van der Waals surface area contributed by atoms with Gasteiger partial charge in [-0.15, -0.1) is 11.3 Å². The van der Waals surface area contributed by atoms with Gasteiger partial charge < -0.3 is 14.8 Å².